The predicted octanol–water partition coefficient (Wildman–Crippen LogP) is 5.90. The van der Waals surface area contributed by atoms with Crippen LogP contribution in [0.15, 0.2) is 48.5 Å². The van der Waals surface area contributed by atoms with E-state index in [0.29, 0.717) is 0 Å². The van der Waals surface area contributed by atoms with E-state index in [9.17, 15) is 0 Å². The van der Waals surface area contributed by atoms with Gasteiger partial charge in [0.05, 0.1) is 5.52 Å². The minimum atomic E-state index is -2.06. The van der Waals surface area contributed by atoms with Crippen LogP contribution in [0.2, 0.25) is 14.8 Å². The molecule has 0 aliphatic rings. The molecule has 2 aromatic heterocycles. The van der Waals surface area contributed by atoms with Gasteiger partial charge in [0.15, 0.2) is 0 Å². The Kier molecular flexibility index (Phi) is 7.96. The van der Waals surface area contributed by atoms with E-state index >= 15 is 0 Å². The maximum atomic E-state index is 4.79. The molecular weight excluding hydrogens is 566 g/mol. The Morgan fingerprint density at radius 1 is 0.786 bits per heavy atom. The largest absolute Gasteiger partial charge is 0.264 e. The first kappa shape index (κ1) is 23.2. The van der Waals surface area contributed by atoms with E-state index in [0.717, 1.165) is 16.8 Å². The van der Waals surface area contributed by atoms with Crippen LogP contribution in [0.4, 0.5) is 0 Å². The molecule has 2 heterocycles. The van der Waals surface area contributed by atoms with Gasteiger partial charge in [0, 0.05) is 11.9 Å². The topological polar surface area (TPSA) is 35.6 Å². The molecule has 0 radical (unpaired) electrons. The van der Waals surface area contributed by atoms with Crippen LogP contribution in [-0.2, 0) is 13.1 Å². The van der Waals surface area contributed by atoms with Crippen molar-refractivity contribution in [3.63, 3.8) is 0 Å². The number of hydrogen-bond donors (Lipinski definition) is 0. The molecule has 0 bridgehead atoms. The van der Waals surface area contributed by atoms with E-state index < -0.39 is 18.4 Å². The molecule has 0 spiro atoms. The molecule has 4 nitrogen and oxygen atoms in total. The number of rotatable bonds is 3. The van der Waals surface area contributed by atoms with Gasteiger partial charge in [-0.2, -0.15) is 5.10 Å². The molecule has 6 heteroatoms. The van der Waals surface area contributed by atoms with E-state index in [4.69, 9.17) is 5.10 Å². The van der Waals surface area contributed by atoms with Crippen molar-refractivity contribution in [3.8, 4) is 0 Å². The van der Waals surface area contributed by atoms with Gasteiger partial charge < -0.3 is 0 Å². The molecule has 0 N–H and O–H groups in total. The predicted molar refractivity (Wildman–Crippen MR) is 133 cm³/mol. The van der Waals surface area contributed by atoms with Gasteiger partial charge in [-0.15, -0.1) is 0 Å². The van der Waals surface area contributed by atoms with E-state index in [-0.39, 0.29) is 7.43 Å². The number of halogens is 1. The Morgan fingerprint density at radius 3 is 1.79 bits per heavy atom. The van der Waals surface area contributed by atoms with Gasteiger partial charge in [-0.25, -0.2) is 0 Å². The Balaban J connectivity index is 0.000000198. The molecule has 0 atom stereocenters. The van der Waals surface area contributed by atoms with Crippen LogP contribution in [0.5, 0.6) is 0 Å². The molecule has 0 aliphatic heterocycles. The fraction of sp³-hybridized carbons (Fsp3) is 0.364. The van der Waals surface area contributed by atoms with Crippen LogP contribution in [-0.4, -0.2) is 37.9 Å². The zero-order chi connectivity index (χ0) is 19.6. The van der Waals surface area contributed by atoms with Gasteiger partial charge >= 0.3 is 95.3 Å². The summed E-state index contributed by atoms with van der Waals surface area (Å²) in [5.74, 6) is 0. The van der Waals surface area contributed by atoms with Crippen molar-refractivity contribution in [2.45, 2.75) is 49.2 Å². The van der Waals surface area contributed by atoms with Gasteiger partial charge in [-0.05, 0) is 35.6 Å². The van der Waals surface area contributed by atoms with Gasteiger partial charge in [-0.1, -0.05) is 25.6 Å². The molecule has 4 rings (SSSR count). The van der Waals surface area contributed by atoms with E-state index in [1.165, 1.54) is 25.5 Å². The molecule has 150 valence electrons. The number of benzene rings is 2. The maximum absolute atomic E-state index is 4.79. The van der Waals surface area contributed by atoms with Crippen LogP contribution in [0.3, 0.4) is 0 Å². The molecule has 0 aliphatic carbocycles. The number of aryl methyl sites for hydroxylation is 2. The third kappa shape index (κ3) is 4.72. The normalized spacial score (nSPS) is 11.2. The second-order valence-corrected chi connectivity index (χ2v) is 22.8. The number of nitrogens with zero attached hydrogens (tertiary/aromatic N) is 4. The Morgan fingerprint density at radius 2 is 1.25 bits per heavy atom. The summed E-state index contributed by atoms with van der Waals surface area (Å²) >= 11 is 0.210. The molecule has 4 aromatic rings. The van der Waals surface area contributed by atoms with Gasteiger partial charge in [0.25, 0.3) is 0 Å². The smallest absolute Gasteiger partial charge is 0.131 e. The maximum Gasteiger partial charge on any atom is 0.131 e. The second-order valence-electron chi connectivity index (χ2n) is 7.56. The fourth-order valence-electron chi connectivity index (χ4n) is 3.25. The number of para-hydroxylation sites is 2. The molecule has 0 unspecified atom stereocenters. The summed E-state index contributed by atoms with van der Waals surface area (Å²) in [6.07, 6.45) is 0. The zero-order valence-corrected chi connectivity index (χ0v) is 21.7. The fourth-order valence-corrected chi connectivity index (χ4v) is 8.08. The summed E-state index contributed by atoms with van der Waals surface area (Å²) in [6.45, 7) is 6.16. The average molecular weight is 597 g/mol. The monoisotopic (exact) mass is 598 g/mol. The Labute approximate surface area is 186 Å². The quantitative estimate of drug-likeness (QED) is 0.218. The molecule has 0 saturated heterocycles. The second kappa shape index (κ2) is 9.61. The molecule has 0 saturated carbocycles. The van der Waals surface area contributed by atoms with Crippen molar-refractivity contribution >= 4 is 66.5 Å². The SMILES string of the molecule is C.CCn1n[c]([Sn]([CH3])([CH3])[CH3])c2ccccc21.CCn1nc(I)c2ccccc21. The minimum Gasteiger partial charge on any atom is -0.264 e. The van der Waals surface area contributed by atoms with Crippen LogP contribution in [0, 0.1) is 3.70 Å². The summed E-state index contributed by atoms with van der Waals surface area (Å²) in [4.78, 5) is 7.26. The third-order valence-electron chi connectivity index (χ3n) is 4.58. The third-order valence-corrected chi connectivity index (χ3v) is 10.5. The average Bonchev–Trinajstić information content (AvgIpc) is 3.20. The van der Waals surface area contributed by atoms with Crippen LogP contribution >= 0.6 is 22.6 Å². The number of hydrogen-bond acceptors (Lipinski definition) is 2. The Bertz CT molecular complexity index is 1060. The first-order valence-corrected chi connectivity index (χ1v) is 20.5. The molecule has 28 heavy (non-hydrogen) atoms. The molecule has 2 aromatic carbocycles. The van der Waals surface area contributed by atoms with Crippen molar-refractivity contribution in [1.82, 2.24) is 19.6 Å². The van der Waals surface area contributed by atoms with Crippen LogP contribution in [0.1, 0.15) is 21.3 Å². The van der Waals surface area contributed by atoms with Crippen LogP contribution < -0.4 is 3.71 Å². The first-order valence-electron chi connectivity index (χ1n) is 9.43. The van der Waals surface area contributed by atoms with E-state index in [1.54, 1.807) is 0 Å². The summed E-state index contributed by atoms with van der Waals surface area (Å²) in [5.41, 5.74) is 2.52. The summed E-state index contributed by atoms with van der Waals surface area (Å²) < 4.78 is 6.65. The molecule has 0 amide bonds. The van der Waals surface area contributed by atoms with Crippen molar-refractivity contribution in [3.05, 3.63) is 52.2 Å². The Hall–Kier alpha value is -1.09. The van der Waals surface area contributed by atoms with Crippen molar-refractivity contribution in [2.24, 2.45) is 0 Å². The van der Waals surface area contributed by atoms with Gasteiger partial charge in [0.1, 0.15) is 3.70 Å². The molecule has 0 fully saturated rings. The summed E-state index contributed by atoms with van der Waals surface area (Å²) in [5, 5.41) is 11.8. The van der Waals surface area contributed by atoms with Crippen molar-refractivity contribution in [2.75, 3.05) is 0 Å². The molecular formula is C22H31IN4Sn. The van der Waals surface area contributed by atoms with Gasteiger partial charge in [0.2, 0.25) is 0 Å². The number of fused-ring (bicyclic) bond motifs is 2. The van der Waals surface area contributed by atoms with Crippen molar-refractivity contribution in [1.29, 1.82) is 0 Å². The van der Waals surface area contributed by atoms with E-state index in [2.05, 4.69) is 97.4 Å². The van der Waals surface area contributed by atoms with Crippen LogP contribution in [0.25, 0.3) is 21.8 Å². The number of aromatic nitrogens is 4. The summed E-state index contributed by atoms with van der Waals surface area (Å²) in [6, 6.07) is 16.9. The summed E-state index contributed by atoms with van der Waals surface area (Å²) in [7, 11) is 0. The first-order chi connectivity index (χ1) is 12.9. The minimum absolute atomic E-state index is 0. The van der Waals surface area contributed by atoms with Crippen molar-refractivity contribution < 1.29 is 0 Å². The standard InChI is InChI=1S/C9H9IN2.C9H9N2.CH4.3CH3.Sn/c1-2-12-8-6-4-3-5-7(8)9(10)11-12;1-2-11-9-6-4-3-5-8(9)7-10-11;;;;;/h3-6H,2H2,1H3;3-6H,2H2,1H3;1H4;3*1H3;. The van der Waals surface area contributed by atoms with Gasteiger partial charge in [-0.3, -0.25) is 4.68 Å². The van der Waals surface area contributed by atoms with E-state index in [1.807, 2.05) is 16.8 Å². The zero-order valence-electron chi connectivity index (χ0n) is 16.7.